The number of carbonyl (C=O) groups is 2. The molecule has 1 atom stereocenters. The largest absolute Gasteiger partial charge is 0.465 e. The average molecular weight is 405 g/mol. The van der Waals surface area contributed by atoms with Crippen molar-refractivity contribution in [1.29, 1.82) is 0 Å². The van der Waals surface area contributed by atoms with Crippen molar-refractivity contribution in [2.45, 2.75) is 17.7 Å². The predicted octanol–water partition coefficient (Wildman–Crippen LogP) is 1.12. The lowest BCUT2D eigenvalue weighted by Gasteiger charge is -2.30. The Bertz CT molecular complexity index is 735. The minimum atomic E-state index is -3.93. The van der Waals surface area contributed by atoms with Crippen LogP contribution in [0.5, 0.6) is 0 Å². The maximum atomic E-state index is 12.9. The monoisotopic (exact) mass is 404 g/mol. The molecule has 1 aliphatic heterocycles. The molecule has 1 aromatic carbocycles. The average Bonchev–Trinajstić information content (AvgIpc) is 2.53. The molecule has 7 nitrogen and oxygen atoms in total. The number of methoxy groups -OCH3 is 1. The predicted molar refractivity (Wildman–Crippen MR) is 86.2 cm³/mol. The molecule has 1 amide bonds. The normalized spacial score (nSPS) is 19.3. The van der Waals surface area contributed by atoms with Crippen LogP contribution in [0.4, 0.5) is 0 Å². The van der Waals surface area contributed by atoms with Crippen LogP contribution in [0.25, 0.3) is 0 Å². The van der Waals surface area contributed by atoms with Gasteiger partial charge < -0.3 is 10.5 Å². The maximum Gasteiger partial charge on any atom is 0.339 e. The fraction of sp³-hybridized carbons (Fsp3) is 0.429. The maximum absolute atomic E-state index is 12.9. The van der Waals surface area contributed by atoms with Crippen molar-refractivity contribution in [1.82, 2.24) is 4.31 Å². The van der Waals surface area contributed by atoms with Gasteiger partial charge in [0.05, 0.1) is 23.5 Å². The van der Waals surface area contributed by atoms with E-state index in [1.807, 2.05) is 0 Å². The summed E-state index contributed by atoms with van der Waals surface area (Å²) in [7, 11) is -2.74. The first-order valence-electron chi connectivity index (χ1n) is 6.94. The molecule has 1 fully saturated rings. The number of primary amides is 1. The smallest absolute Gasteiger partial charge is 0.339 e. The molecule has 2 N–H and O–H groups in total. The standard InChI is InChI=1S/C14H17BrN2O5S/c1-22-14(19)11-7-10(15)4-5-12(11)23(20,21)17-6-2-3-9(8-17)13(16)18/h4-5,7,9H,2-3,6,8H2,1H3,(H2,16,18)/t9-/m0/s1. The van der Waals surface area contributed by atoms with Gasteiger partial charge in [0.15, 0.2) is 0 Å². The first kappa shape index (κ1) is 17.9. The van der Waals surface area contributed by atoms with Crippen molar-refractivity contribution in [3.05, 3.63) is 28.2 Å². The van der Waals surface area contributed by atoms with Crippen LogP contribution < -0.4 is 5.73 Å². The number of hydrogen-bond acceptors (Lipinski definition) is 5. The molecule has 1 aromatic rings. The number of piperidine rings is 1. The lowest BCUT2D eigenvalue weighted by Crippen LogP contribution is -2.44. The highest BCUT2D eigenvalue weighted by Crippen LogP contribution is 2.28. The number of benzene rings is 1. The zero-order valence-electron chi connectivity index (χ0n) is 12.5. The fourth-order valence-corrected chi connectivity index (χ4v) is 4.57. The highest BCUT2D eigenvalue weighted by Gasteiger charge is 2.34. The molecule has 126 valence electrons. The van der Waals surface area contributed by atoms with E-state index >= 15 is 0 Å². The van der Waals surface area contributed by atoms with Crippen molar-refractivity contribution >= 4 is 37.8 Å². The molecule has 0 saturated carbocycles. The summed E-state index contributed by atoms with van der Waals surface area (Å²) >= 11 is 3.21. The number of halogens is 1. The van der Waals surface area contributed by atoms with E-state index in [9.17, 15) is 18.0 Å². The van der Waals surface area contributed by atoms with Gasteiger partial charge in [0.2, 0.25) is 15.9 Å². The summed E-state index contributed by atoms with van der Waals surface area (Å²) in [5.74, 6) is -1.78. The molecule has 0 radical (unpaired) electrons. The van der Waals surface area contributed by atoms with E-state index in [-0.39, 0.29) is 23.5 Å². The van der Waals surface area contributed by atoms with Crippen LogP contribution in [0.2, 0.25) is 0 Å². The minimum Gasteiger partial charge on any atom is -0.465 e. The highest BCUT2D eigenvalue weighted by molar-refractivity contribution is 9.10. The molecule has 0 aliphatic carbocycles. The van der Waals surface area contributed by atoms with E-state index in [0.717, 1.165) is 0 Å². The van der Waals surface area contributed by atoms with Gasteiger partial charge in [0.1, 0.15) is 0 Å². The Labute approximate surface area is 143 Å². The lowest BCUT2D eigenvalue weighted by molar-refractivity contribution is -0.122. The summed E-state index contributed by atoms with van der Waals surface area (Å²) in [6.07, 6.45) is 1.10. The molecule has 1 aliphatic rings. The van der Waals surface area contributed by atoms with E-state index in [1.165, 1.54) is 29.6 Å². The van der Waals surface area contributed by atoms with E-state index < -0.39 is 27.8 Å². The van der Waals surface area contributed by atoms with Crippen molar-refractivity contribution in [2.24, 2.45) is 11.7 Å². The summed E-state index contributed by atoms with van der Waals surface area (Å²) < 4.78 is 32.1. The number of nitrogens with zero attached hydrogens (tertiary/aromatic N) is 1. The second-order valence-corrected chi connectivity index (χ2v) is 8.06. The molecular formula is C14H17BrN2O5S. The zero-order chi connectivity index (χ0) is 17.2. The first-order chi connectivity index (χ1) is 10.8. The minimum absolute atomic E-state index is 0.0222. The molecule has 1 saturated heterocycles. The molecule has 23 heavy (non-hydrogen) atoms. The quantitative estimate of drug-likeness (QED) is 0.756. The Hall–Kier alpha value is -1.45. The van der Waals surface area contributed by atoms with Crippen LogP contribution in [0.1, 0.15) is 23.2 Å². The van der Waals surface area contributed by atoms with Gasteiger partial charge >= 0.3 is 5.97 Å². The molecular weight excluding hydrogens is 388 g/mol. The van der Waals surface area contributed by atoms with E-state index in [4.69, 9.17) is 5.73 Å². The molecule has 1 heterocycles. The van der Waals surface area contributed by atoms with Gasteiger partial charge in [-0.2, -0.15) is 4.31 Å². The summed E-state index contributed by atoms with van der Waals surface area (Å²) in [4.78, 5) is 23.1. The number of amides is 1. The summed E-state index contributed by atoms with van der Waals surface area (Å²) in [6, 6.07) is 4.28. The van der Waals surface area contributed by atoms with Crippen LogP contribution in [0, 0.1) is 5.92 Å². The first-order valence-corrected chi connectivity index (χ1v) is 9.18. The van der Waals surface area contributed by atoms with Crippen LogP contribution in [-0.4, -0.2) is 44.8 Å². The van der Waals surface area contributed by atoms with E-state index in [1.54, 1.807) is 0 Å². The third kappa shape index (κ3) is 3.73. The van der Waals surface area contributed by atoms with Crippen LogP contribution in [-0.2, 0) is 19.6 Å². The Morgan fingerprint density at radius 3 is 2.70 bits per heavy atom. The van der Waals surface area contributed by atoms with Gasteiger partial charge in [-0.05, 0) is 31.0 Å². The number of esters is 1. The number of rotatable bonds is 4. The van der Waals surface area contributed by atoms with Gasteiger partial charge in [-0.1, -0.05) is 15.9 Å². The van der Waals surface area contributed by atoms with Crippen molar-refractivity contribution in [2.75, 3.05) is 20.2 Å². The Kier molecular flexibility index (Phi) is 5.43. The number of hydrogen-bond donors (Lipinski definition) is 1. The zero-order valence-corrected chi connectivity index (χ0v) is 14.9. The third-order valence-corrected chi connectivity index (χ3v) is 6.17. The Balaban J connectivity index is 2.43. The molecule has 0 unspecified atom stereocenters. The van der Waals surface area contributed by atoms with E-state index in [2.05, 4.69) is 20.7 Å². The summed E-state index contributed by atoms with van der Waals surface area (Å²) in [5.41, 5.74) is 5.24. The fourth-order valence-electron chi connectivity index (χ4n) is 2.53. The van der Waals surface area contributed by atoms with Crippen molar-refractivity contribution in [3.8, 4) is 0 Å². The van der Waals surface area contributed by atoms with Gasteiger partial charge in [-0.15, -0.1) is 0 Å². The molecule has 0 bridgehead atoms. The number of ether oxygens (including phenoxy) is 1. The Morgan fingerprint density at radius 2 is 2.09 bits per heavy atom. The van der Waals surface area contributed by atoms with Crippen LogP contribution in [0.15, 0.2) is 27.6 Å². The number of carbonyl (C=O) groups excluding carboxylic acids is 2. The van der Waals surface area contributed by atoms with Gasteiger partial charge in [0, 0.05) is 17.6 Å². The lowest BCUT2D eigenvalue weighted by atomic mass is 9.99. The molecule has 0 spiro atoms. The van der Waals surface area contributed by atoms with Crippen LogP contribution in [0.3, 0.4) is 0 Å². The summed E-state index contributed by atoms with van der Waals surface area (Å²) in [5, 5.41) is 0. The summed E-state index contributed by atoms with van der Waals surface area (Å²) in [6.45, 7) is 0.303. The molecule has 0 aromatic heterocycles. The topological polar surface area (TPSA) is 107 Å². The SMILES string of the molecule is COC(=O)c1cc(Br)ccc1S(=O)(=O)N1CCC[C@H](C(N)=O)C1. The van der Waals surface area contributed by atoms with E-state index in [0.29, 0.717) is 17.3 Å². The third-order valence-electron chi connectivity index (χ3n) is 3.75. The van der Waals surface area contributed by atoms with Crippen LogP contribution >= 0.6 is 15.9 Å². The van der Waals surface area contributed by atoms with Gasteiger partial charge in [-0.3, -0.25) is 4.79 Å². The van der Waals surface area contributed by atoms with Gasteiger partial charge in [-0.25, -0.2) is 13.2 Å². The molecule has 9 heteroatoms. The second kappa shape index (κ2) is 6.98. The highest BCUT2D eigenvalue weighted by atomic mass is 79.9. The second-order valence-electron chi connectivity index (χ2n) is 5.24. The van der Waals surface area contributed by atoms with Gasteiger partial charge in [0.25, 0.3) is 0 Å². The van der Waals surface area contributed by atoms with Crippen molar-refractivity contribution in [3.63, 3.8) is 0 Å². The number of nitrogens with two attached hydrogens (primary N) is 1. The molecule has 2 rings (SSSR count). The van der Waals surface area contributed by atoms with Crippen molar-refractivity contribution < 1.29 is 22.7 Å². The Morgan fingerprint density at radius 1 is 1.39 bits per heavy atom. The number of sulfonamides is 1.